The normalized spacial score (nSPS) is 15.9. The minimum Gasteiger partial charge on any atom is -0.489 e. The lowest BCUT2D eigenvalue weighted by Crippen LogP contribution is -2.29. The zero-order chi connectivity index (χ0) is 28.6. The van der Waals surface area contributed by atoms with Gasteiger partial charge in [-0.15, -0.1) is 5.92 Å². The van der Waals surface area contributed by atoms with E-state index in [2.05, 4.69) is 30.0 Å². The van der Waals surface area contributed by atoms with E-state index in [1.165, 1.54) is 11.1 Å². The van der Waals surface area contributed by atoms with Crippen molar-refractivity contribution in [1.29, 1.82) is 0 Å². The average Bonchev–Trinajstić information content (AvgIpc) is 2.93. The molecule has 210 valence electrons. The Hall–Kier alpha value is -3.64. The van der Waals surface area contributed by atoms with E-state index in [4.69, 9.17) is 26.4 Å². The summed E-state index contributed by atoms with van der Waals surface area (Å²) in [5.41, 5.74) is 14.8. The summed E-state index contributed by atoms with van der Waals surface area (Å²) in [5, 5.41) is 27.0. The Kier molecular flexibility index (Phi) is 13.8. The minimum atomic E-state index is -0.933. The van der Waals surface area contributed by atoms with Crippen LogP contribution in [0.15, 0.2) is 54.6 Å². The van der Waals surface area contributed by atoms with Crippen molar-refractivity contribution < 1.29 is 29.6 Å². The summed E-state index contributed by atoms with van der Waals surface area (Å²) in [7, 11) is 0. The number of carbonyl (C=O) groups is 2. The van der Waals surface area contributed by atoms with Gasteiger partial charge in [0, 0.05) is 0 Å². The molecule has 3 rings (SSSR count). The third kappa shape index (κ3) is 11.7. The predicted molar refractivity (Wildman–Crippen MR) is 152 cm³/mol. The van der Waals surface area contributed by atoms with E-state index in [1.54, 1.807) is 6.92 Å². The smallest absolute Gasteiger partial charge is 0.320 e. The zero-order valence-electron chi connectivity index (χ0n) is 22.5. The molecule has 7 N–H and O–H groups in total. The van der Waals surface area contributed by atoms with Gasteiger partial charge in [-0.3, -0.25) is 9.59 Å². The van der Waals surface area contributed by atoms with Crippen molar-refractivity contribution in [3.63, 3.8) is 0 Å². The van der Waals surface area contributed by atoms with Crippen LogP contribution < -0.4 is 16.2 Å². The van der Waals surface area contributed by atoms with Crippen molar-refractivity contribution in [3.8, 4) is 17.6 Å². The van der Waals surface area contributed by atoms with E-state index in [0.717, 1.165) is 42.6 Å². The number of benzene rings is 2. The highest BCUT2D eigenvalue weighted by Gasteiger charge is 2.14. The summed E-state index contributed by atoms with van der Waals surface area (Å²) < 4.78 is 5.92. The van der Waals surface area contributed by atoms with Crippen molar-refractivity contribution in [2.24, 2.45) is 11.5 Å². The lowest BCUT2D eigenvalue weighted by molar-refractivity contribution is -0.139. The number of carboxylic acids is 2. The highest BCUT2D eigenvalue weighted by atomic mass is 16.5. The number of unbranched alkanes of at least 4 members (excludes halogenated alkanes) is 1. The fourth-order valence-corrected chi connectivity index (χ4v) is 4.14. The number of ether oxygens (including phenoxy) is 1. The van der Waals surface area contributed by atoms with Crippen molar-refractivity contribution >= 4 is 17.5 Å². The Morgan fingerprint density at radius 1 is 1.13 bits per heavy atom. The Balaban J connectivity index is 0.000000455. The molecule has 0 heterocycles. The van der Waals surface area contributed by atoms with Crippen LogP contribution in [0.5, 0.6) is 5.75 Å². The zero-order valence-corrected chi connectivity index (χ0v) is 22.5. The van der Waals surface area contributed by atoms with Gasteiger partial charge in [-0.1, -0.05) is 48.7 Å². The summed E-state index contributed by atoms with van der Waals surface area (Å²) in [5.74, 6) is 4.39. The highest BCUT2D eigenvalue weighted by Crippen LogP contribution is 2.28. The second-order valence-corrected chi connectivity index (χ2v) is 9.49. The first-order valence-corrected chi connectivity index (χ1v) is 13.2. The Morgan fingerprint density at radius 3 is 2.46 bits per heavy atom. The number of carboxylic acid groups (broad SMARTS) is 2. The number of hydrogen-bond acceptors (Lipinski definition) is 6. The summed E-state index contributed by atoms with van der Waals surface area (Å²) in [6.45, 7) is 2.77. The standard InChI is InChI=1S/C25H26O4.C6H14N2O2/c1-2-4-21(16-25(27)28)20-9-13-24(14-10-20)29-17-18-5-3-6-22(15-18)19-7-11-23(26)12-8-19;7-4-2-1-3-5(8)6(9)10/h3,5-7,9-10,13-15,21,23,26H,8,11-12,16-17H2,1H3,(H,27,28);5H,1-4,7-8H2,(H,9,10)/t;5-/m.0/s1. The van der Waals surface area contributed by atoms with Crippen LogP contribution in [0.1, 0.15) is 74.5 Å². The lowest BCUT2D eigenvalue weighted by atomic mass is 9.91. The number of hydrogen-bond donors (Lipinski definition) is 5. The van der Waals surface area contributed by atoms with Gasteiger partial charge in [0.15, 0.2) is 0 Å². The number of allylic oxidation sites excluding steroid dienone is 1. The average molecular weight is 537 g/mol. The summed E-state index contributed by atoms with van der Waals surface area (Å²) >= 11 is 0. The molecule has 8 heteroatoms. The molecular weight excluding hydrogens is 496 g/mol. The molecule has 0 saturated heterocycles. The molecule has 8 nitrogen and oxygen atoms in total. The maximum Gasteiger partial charge on any atom is 0.320 e. The maximum atomic E-state index is 11.0. The van der Waals surface area contributed by atoms with Gasteiger partial charge in [-0.25, -0.2) is 0 Å². The molecular formula is C31H40N2O6. The molecule has 2 aromatic carbocycles. The molecule has 0 amide bonds. The van der Waals surface area contributed by atoms with Crippen molar-refractivity contribution in [3.05, 3.63) is 71.3 Å². The number of aliphatic hydroxyl groups excluding tert-OH is 1. The molecule has 0 aromatic heterocycles. The van der Waals surface area contributed by atoms with E-state index in [9.17, 15) is 14.7 Å². The number of rotatable bonds is 12. The molecule has 3 atom stereocenters. The van der Waals surface area contributed by atoms with Crippen LogP contribution in [-0.2, 0) is 16.2 Å². The fraction of sp³-hybridized carbons (Fsp3) is 0.419. The first-order valence-electron chi connectivity index (χ1n) is 13.2. The van der Waals surface area contributed by atoms with E-state index in [1.807, 2.05) is 36.4 Å². The van der Waals surface area contributed by atoms with Gasteiger partial charge in [0.05, 0.1) is 18.4 Å². The van der Waals surface area contributed by atoms with Gasteiger partial charge in [0.25, 0.3) is 0 Å². The van der Waals surface area contributed by atoms with Gasteiger partial charge in [-0.05, 0) is 86.0 Å². The quantitative estimate of drug-likeness (QED) is 0.199. The molecule has 2 unspecified atom stereocenters. The molecule has 0 fully saturated rings. The van der Waals surface area contributed by atoms with Crippen LogP contribution in [0.2, 0.25) is 0 Å². The van der Waals surface area contributed by atoms with Gasteiger partial charge in [0.1, 0.15) is 18.4 Å². The largest absolute Gasteiger partial charge is 0.489 e. The topological polar surface area (TPSA) is 156 Å². The summed E-state index contributed by atoms with van der Waals surface area (Å²) in [4.78, 5) is 21.2. The first-order chi connectivity index (χ1) is 18.7. The van der Waals surface area contributed by atoms with E-state index in [-0.39, 0.29) is 18.4 Å². The molecule has 0 bridgehead atoms. The fourth-order valence-electron chi connectivity index (χ4n) is 4.14. The third-order valence-corrected chi connectivity index (χ3v) is 6.35. The maximum absolute atomic E-state index is 11.0. The molecule has 39 heavy (non-hydrogen) atoms. The van der Waals surface area contributed by atoms with Gasteiger partial charge in [0.2, 0.25) is 0 Å². The van der Waals surface area contributed by atoms with Crippen LogP contribution in [0, 0.1) is 11.8 Å². The van der Waals surface area contributed by atoms with E-state index < -0.39 is 18.0 Å². The molecule has 0 saturated carbocycles. The minimum absolute atomic E-state index is 0.0132. The second kappa shape index (κ2) is 17.0. The number of aliphatic hydroxyl groups is 1. The van der Waals surface area contributed by atoms with Crippen molar-refractivity contribution in [2.75, 3.05) is 6.54 Å². The van der Waals surface area contributed by atoms with Crippen LogP contribution in [0.3, 0.4) is 0 Å². The van der Waals surface area contributed by atoms with E-state index >= 15 is 0 Å². The van der Waals surface area contributed by atoms with Crippen LogP contribution >= 0.6 is 0 Å². The van der Waals surface area contributed by atoms with Crippen LogP contribution in [0.25, 0.3) is 5.57 Å². The highest BCUT2D eigenvalue weighted by molar-refractivity contribution is 5.73. The molecule has 2 aromatic rings. The van der Waals surface area contributed by atoms with E-state index in [0.29, 0.717) is 26.0 Å². The molecule has 1 aliphatic carbocycles. The molecule has 0 spiro atoms. The van der Waals surface area contributed by atoms with Crippen molar-refractivity contribution in [1.82, 2.24) is 0 Å². The number of nitrogens with two attached hydrogens (primary N) is 2. The molecule has 0 radical (unpaired) electrons. The molecule has 0 aliphatic heterocycles. The second-order valence-electron chi connectivity index (χ2n) is 9.49. The van der Waals surface area contributed by atoms with Gasteiger partial charge in [-0.2, -0.15) is 0 Å². The summed E-state index contributed by atoms with van der Waals surface area (Å²) in [6.07, 6.45) is 6.48. The van der Waals surface area contributed by atoms with Crippen molar-refractivity contribution in [2.45, 2.75) is 76.5 Å². The van der Waals surface area contributed by atoms with Gasteiger partial charge < -0.3 is 31.5 Å². The molecule has 1 aliphatic rings. The predicted octanol–water partition coefficient (Wildman–Crippen LogP) is 4.30. The Morgan fingerprint density at radius 2 is 1.87 bits per heavy atom. The van der Waals surface area contributed by atoms with Crippen LogP contribution in [0.4, 0.5) is 0 Å². The monoisotopic (exact) mass is 536 g/mol. The third-order valence-electron chi connectivity index (χ3n) is 6.35. The Labute approximate surface area is 230 Å². The van der Waals surface area contributed by atoms with Crippen LogP contribution in [-0.4, -0.2) is 45.9 Å². The first kappa shape index (κ1) is 31.6. The lowest BCUT2D eigenvalue weighted by Gasteiger charge is -2.18. The van der Waals surface area contributed by atoms with Gasteiger partial charge >= 0.3 is 11.9 Å². The number of aliphatic carboxylic acids is 2. The SMILES string of the molecule is CC#CC(CC(=O)O)c1ccc(OCc2cccc(C3=CCC(O)CC3)c2)cc1.NCCCC[C@H](N)C(=O)O. The summed E-state index contributed by atoms with van der Waals surface area (Å²) in [6, 6.07) is 15.1. The Bertz CT molecular complexity index is 1150.